The third-order valence-electron chi connectivity index (χ3n) is 4.65. The molecule has 0 aliphatic heterocycles. The minimum atomic E-state index is -6.57. The summed E-state index contributed by atoms with van der Waals surface area (Å²) in [7, 11) is 3.64. The highest BCUT2D eigenvalue weighted by atomic mass is 19.4. The van der Waals surface area contributed by atoms with Crippen molar-refractivity contribution in [3.63, 3.8) is 0 Å². The molecule has 2 nitrogen and oxygen atoms in total. The van der Waals surface area contributed by atoms with E-state index in [1.807, 2.05) is 0 Å². The Morgan fingerprint density at radius 3 is 1.46 bits per heavy atom. The molecule has 0 aromatic heterocycles. The third-order valence-corrected chi connectivity index (χ3v) is 4.65. The van der Waals surface area contributed by atoms with E-state index in [1.165, 1.54) is 6.92 Å². The monoisotopic (exact) mass is 424 g/mol. The lowest BCUT2D eigenvalue weighted by Crippen LogP contribution is -2.63. The van der Waals surface area contributed by atoms with Crippen LogP contribution in [0.2, 0.25) is 0 Å². The molecule has 28 heavy (non-hydrogen) atoms. The lowest BCUT2D eigenvalue weighted by Gasteiger charge is -2.43. The van der Waals surface area contributed by atoms with Crippen LogP contribution in [0.25, 0.3) is 0 Å². The molecular formula is C17H25BF8O2. The Morgan fingerprint density at radius 1 is 0.786 bits per heavy atom. The number of hydrogen-bond acceptors (Lipinski definition) is 2. The number of ether oxygens (including phenoxy) is 1. The zero-order valence-corrected chi connectivity index (χ0v) is 16.8. The van der Waals surface area contributed by atoms with Crippen molar-refractivity contribution in [3.05, 3.63) is 0 Å². The van der Waals surface area contributed by atoms with Crippen LogP contribution >= 0.6 is 0 Å². The van der Waals surface area contributed by atoms with E-state index in [-0.39, 0.29) is 6.42 Å². The van der Waals surface area contributed by atoms with E-state index >= 15 is 0 Å². The van der Waals surface area contributed by atoms with Gasteiger partial charge >= 0.3 is 23.7 Å². The predicted molar refractivity (Wildman–Crippen MR) is 88.1 cm³/mol. The first-order valence-corrected chi connectivity index (χ1v) is 8.31. The Morgan fingerprint density at radius 2 is 1.18 bits per heavy atom. The summed E-state index contributed by atoms with van der Waals surface area (Å²) in [6.07, 6.45) is 0.0847. The summed E-state index contributed by atoms with van der Waals surface area (Å²) in [6.45, 7) is 8.78. The Hall–Kier alpha value is -1.03. The van der Waals surface area contributed by atoms with Crippen LogP contribution in [-0.2, 0) is 9.53 Å². The summed E-state index contributed by atoms with van der Waals surface area (Å²) in [6, 6.07) is 0. The van der Waals surface area contributed by atoms with Crippen molar-refractivity contribution in [2.75, 3.05) is 6.61 Å². The molecule has 0 spiro atoms. The number of carbonyl (C=O) groups is 1. The summed E-state index contributed by atoms with van der Waals surface area (Å²) < 4.78 is 110. The molecule has 0 saturated heterocycles. The number of alkyl halides is 8. The van der Waals surface area contributed by atoms with Crippen LogP contribution in [0.3, 0.4) is 0 Å². The van der Waals surface area contributed by atoms with Crippen LogP contribution in [-0.4, -0.2) is 44.0 Å². The van der Waals surface area contributed by atoms with E-state index in [0.29, 0.717) is 0 Å². The summed E-state index contributed by atoms with van der Waals surface area (Å²) >= 11 is 0. The summed E-state index contributed by atoms with van der Waals surface area (Å²) in [5.41, 5.74) is -2.86. The highest BCUT2D eigenvalue weighted by molar-refractivity contribution is 6.14. The normalized spacial score (nSPS) is 17.2. The molecule has 0 heterocycles. The molecule has 0 saturated carbocycles. The molecule has 1 unspecified atom stereocenters. The van der Waals surface area contributed by atoms with Gasteiger partial charge in [-0.1, -0.05) is 41.5 Å². The van der Waals surface area contributed by atoms with Crippen molar-refractivity contribution < 1.29 is 44.7 Å². The highest BCUT2D eigenvalue weighted by Crippen LogP contribution is 2.52. The Kier molecular flexibility index (Phi) is 7.07. The van der Waals surface area contributed by atoms with E-state index in [1.54, 1.807) is 41.5 Å². The second-order valence-corrected chi connectivity index (χ2v) is 9.37. The smallest absolute Gasteiger partial charge is 0.380 e. The van der Waals surface area contributed by atoms with Crippen molar-refractivity contribution >= 4 is 13.8 Å². The zero-order chi connectivity index (χ0) is 23.2. The molecule has 164 valence electrons. The number of halogens is 8. The van der Waals surface area contributed by atoms with E-state index < -0.39 is 52.4 Å². The molecule has 0 aromatic carbocycles. The van der Waals surface area contributed by atoms with Gasteiger partial charge in [0.05, 0.1) is 5.41 Å². The summed E-state index contributed by atoms with van der Waals surface area (Å²) in [5, 5.41) is 0. The molecule has 1 atom stereocenters. The zero-order valence-electron chi connectivity index (χ0n) is 16.8. The van der Waals surface area contributed by atoms with Gasteiger partial charge in [-0.2, -0.15) is 26.3 Å². The van der Waals surface area contributed by atoms with Crippen molar-refractivity contribution in [1.29, 1.82) is 0 Å². The quantitative estimate of drug-likeness (QED) is 0.299. The summed E-state index contributed by atoms with van der Waals surface area (Å²) in [5.74, 6) is -26.2. The largest absolute Gasteiger partial charge is 0.459 e. The van der Waals surface area contributed by atoms with Crippen molar-refractivity contribution in [1.82, 2.24) is 0 Å². The maximum atomic E-state index is 13.7. The minimum Gasteiger partial charge on any atom is -0.459 e. The van der Waals surface area contributed by atoms with Gasteiger partial charge < -0.3 is 4.74 Å². The molecule has 0 fully saturated rings. The molecule has 0 bridgehead atoms. The van der Waals surface area contributed by atoms with Gasteiger partial charge in [0.15, 0.2) is 14.5 Å². The number of carbonyl (C=O) groups excluding carboxylic acids is 1. The van der Waals surface area contributed by atoms with Gasteiger partial charge in [0.1, 0.15) is 0 Å². The van der Waals surface area contributed by atoms with E-state index in [2.05, 4.69) is 12.6 Å². The van der Waals surface area contributed by atoms with Gasteiger partial charge in [-0.25, -0.2) is 8.78 Å². The third kappa shape index (κ3) is 5.12. The Bertz CT molecular complexity index is 573. The van der Waals surface area contributed by atoms with Crippen LogP contribution in [0.5, 0.6) is 0 Å². The lowest BCUT2D eigenvalue weighted by molar-refractivity contribution is -0.353. The standard InChI is InChI=1S/C17H25BF8O2/c1-11(2,3)8-13(7,12(4,5)6)10(27)28-9-14(19,20)15(21,22)16(23,24)17(18,25)26/h8-9H2,1-7H3. The van der Waals surface area contributed by atoms with E-state index in [4.69, 9.17) is 0 Å². The van der Waals surface area contributed by atoms with Crippen molar-refractivity contribution in [2.45, 2.75) is 78.5 Å². The first-order chi connectivity index (χ1) is 11.8. The van der Waals surface area contributed by atoms with E-state index in [9.17, 15) is 39.9 Å². The topological polar surface area (TPSA) is 26.3 Å². The Balaban J connectivity index is 5.73. The SMILES string of the molecule is [B]C(F)(F)C(F)(F)C(F)(F)C(F)(F)COC(=O)C(C)(CC(C)(C)C)C(C)(C)C. The average molecular weight is 424 g/mol. The van der Waals surface area contributed by atoms with Crippen LogP contribution in [0.1, 0.15) is 54.9 Å². The van der Waals surface area contributed by atoms with Crippen LogP contribution in [0, 0.1) is 16.2 Å². The van der Waals surface area contributed by atoms with Crippen molar-refractivity contribution in [3.8, 4) is 0 Å². The Labute approximate surface area is 160 Å². The molecule has 0 N–H and O–H groups in total. The maximum absolute atomic E-state index is 13.7. The first-order valence-electron chi connectivity index (χ1n) is 8.31. The van der Waals surface area contributed by atoms with Crippen LogP contribution in [0.4, 0.5) is 35.1 Å². The molecule has 0 aliphatic rings. The molecule has 2 radical (unpaired) electrons. The highest BCUT2D eigenvalue weighted by Gasteiger charge is 2.78. The second-order valence-electron chi connectivity index (χ2n) is 9.37. The van der Waals surface area contributed by atoms with Gasteiger partial charge in [-0.05, 0) is 24.2 Å². The average Bonchev–Trinajstić information content (AvgIpc) is 2.39. The predicted octanol–water partition coefficient (Wildman–Crippen LogP) is 5.69. The fourth-order valence-corrected chi connectivity index (χ4v) is 2.55. The number of hydrogen-bond donors (Lipinski definition) is 0. The van der Waals surface area contributed by atoms with Gasteiger partial charge in [-0.3, -0.25) is 4.79 Å². The summed E-state index contributed by atoms with van der Waals surface area (Å²) in [4.78, 5) is 12.4. The number of esters is 1. The fourth-order valence-electron chi connectivity index (χ4n) is 2.55. The molecule has 0 aliphatic carbocycles. The van der Waals surface area contributed by atoms with Crippen LogP contribution in [0.15, 0.2) is 0 Å². The van der Waals surface area contributed by atoms with Gasteiger partial charge in [0.2, 0.25) is 0 Å². The minimum absolute atomic E-state index is 0.0847. The van der Waals surface area contributed by atoms with E-state index in [0.717, 1.165) is 0 Å². The van der Waals surface area contributed by atoms with Crippen molar-refractivity contribution in [2.24, 2.45) is 16.2 Å². The fraction of sp³-hybridized carbons (Fsp3) is 0.941. The van der Waals surface area contributed by atoms with Crippen LogP contribution < -0.4 is 0 Å². The molecule has 0 aromatic rings. The second kappa shape index (κ2) is 7.34. The molecule has 0 amide bonds. The van der Waals surface area contributed by atoms with Gasteiger partial charge in [0, 0.05) is 0 Å². The molecule has 0 rings (SSSR count). The lowest BCUT2D eigenvalue weighted by atomic mass is 9.61. The molecular weight excluding hydrogens is 399 g/mol. The maximum Gasteiger partial charge on any atom is 0.380 e. The van der Waals surface area contributed by atoms with Gasteiger partial charge in [-0.15, -0.1) is 0 Å². The molecule has 11 heteroatoms. The number of rotatable bonds is 7. The van der Waals surface area contributed by atoms with Gasteiger partial charge in [0.25, 0.3) is 5.82 Å². The first kappa shape index (κ1) is 27.0.